The highest BCUT2D eigenvalue weighted by molar-refractivity contribution is 9.11. The van der Waals surface area contributed by atoms with Crippen LogP contribution in [0.4, 0.5) is 4.39 Å². The first-order valence-electron chi connectivity index (χ1n) is 3.05. The fraction of sp³-hybridized carbons (Fsp3) is 0.286. The largest absolute Gasteiger partial charge is 0.478 e. The Bertz CT molecular complexity index is 245. The molecule has 0 bridgehead atoms. The molecule has 0 saturated heterocycles. The van der Waals surface area contributed by atoms with E-state index in [0.717, 1.165) is 0 Å². The fourth-order valence-electron chi connectivity index (χ4n) is 0.802. The molecule has 0 aromatic rings. The maximum Gasteiger partial charge on any atom is 0.331 e. The highest BCUT2D eigenvalue weighted by Gasteiger charge is 2.20. The first-order chi connectivity index (χ1) is 5.11. The molecule has 11 heavy (non-hydrogen) atoms. The Balaban J connectivity index is 2.82. The van der Waals surface area contributed by atoms with Crippen molar-refractivity contribution in [2.45, 2.75) is 12.6 Å². The van der Waals surface area contributed by atoms with Crippen LogP contribution in [-0.2, 0) is 4.79 Å². The fourth-order valence-corrected chi connectivity index (χ4v) is 1.10. The summed E-state index contributed by atoms with van der Waals surface area (Å²) in [6.07, 6.45) is 1.58. The lowest BCUT2D eigenvalue weighted by atomic mass is 10.0. The van der Waals surface area contributed by atoms with E-state index in [0.29, 0.717) is 4.48 Å². The summed E-state index contributed by atoms with van der Waals surface area (Å²) >= 11 is 2.98. The topological polar surface area (TPSA) is 37.3 Å². The van der Waals surface area contributed by atoms with Crippen molar-refractivity contribution >= 4 is 21.9 Å². The van der Waals surface area contributed by atoms with Gasteiger partial charge in [0.2, 0.25) is 0 Å². The number of carboxylic acids is 1. The monoisotopic (exact) mass is 220 g/mol. The molecule has 0 fully saturated rings. The molecule has 2 nitrogen and oxygen atoms in total. The van der Waals surface area contributed by atoms with Crippen molar-refractivity contribution < 1.29 is 14.3 Å². The maximum absolute atomic E-state index is 12.8. The van der Waals surface area contributed by atoms with Gasteiger partial charge in [0.15, 0.2) is 0 Å². The molecule has 0 aromatic carbocycles. The van der Waals surface area contributed by atoms with Gasteiger partial charge in [-0.3, -0.25) is 0 Å². The van der Waals surface area contributed by atoms with E-state index in [2.05, 4.69) is 15.9 Å². The van der Waals surface area contributed by atoms with Gasteiger partial charge in [-0.05, 0) is 6.08 Å². The standard InChI is InChI=1S/C7H6BrFO2/c8-5-2-1-4(7(10)11)3-6(5)9/h1-2,6H,3H2,(H,10,11). The zero-order valence-corrected chi connectivity index (χ0v) is 7.14. The molecule has 1 N–H and O–H groups in total. The van der Waals surface area contributed by atoms with Crippen molar-refractivity contribution in [3.8, 4) is 0 Å². The van der Waals surface area contributed by atoms with Crippen molar-refractivity contribution in [2.24, 2.45) is 0 Å². The number of hydrogen-bond acceptors (Lipinski definition) is 1. The van der Waals surface area contributed by atoms with E-state index >= 15 is 0 Å². The van der Waals surface area contributed by atoms with Crippen LogP contribution in [0.25, 0.3) is 0 Å². The van der Waals surface area contributed by atoms with Crippen LogP contribution in [0.5, 0.6) is 0 Å². The number of allylic oxidation sites excluding steroid dienone is 3. The van der Waals surface area contributed by atoms with Gasteiger partial charge < -0.3 is 5.11 Å². The lowest BCUT2D eigenvalue weighted by Crippen LogP contribution is -2.11. The van der Waals surface area contributed by atoms with Crippen LogP contribution in [0.1, 0.15) is 6.42 Å². The van der Waals surface area contributed by atoms with E-state index < -0.39 is 12.1 Å². The summed E-state index contributed by atoms with van der Waals surface area (Å²) in [5.74, 6) is -1.05. The Morgan fingerprint density at radius 1 is 1.73 bits per heavy atom. The zero-order chi connectivity index (χ0) is 8.43. The Morgan fingerprint density at radius 3 is 2.82 bits per heavy atom. The van der Waals surface area contributed by atoms with Crippen molar-refractivity contribution in [3.05, 3.63) is 22.2 Å². The quantitative estimate of drug-likeness (QED) is 0.735. The molecule has 0 radical (unpaired) electrons. The van der Waals surface area contributed by atoms with Crippen molar-refractivity contribution in [1.82, 2.24) is 0 Å². The lowest BCUT2D eigenvalue weighted by molar-refractivity contribution is -0.132. The number of halogens is 2. The Kier molecular flexibility index (Phi) is 2.44. The van der Waals surface area contributed by atoms with Gasteiger partial charge in [0, 0.05) is 16.5 Å². The number of carbonyl (C=O) groups is 1. The molecule has 0 saturated carbocycles. The van der Waals surface area contributed by atoms with Crippen LogP contribution in [0.3, 0.4) is 0 Å². The Morgan fingerprint density at radius 2 is 2.36 bits per heavy atom. The van der Waals surface area contributed by atoms with Gasteiger partial charge in [-0.2, -0.15) is 0 Å². The van der Waals surface area contributed by atoms with Gasteiger partial charge in [0.1, 0.15) is 6.17 Å². The highest BCUT2D eigenvalue weighted by atomic mass is 79.9. The van der Waals surface area contributed by atoms with Crippen molar-refractivity contribution in [1.29, 1.82) is 0 Å². The van der Waals surface area contributed by atoms with Gasteiger partial charge in [0.05, 0.1) is 0 Å². The molecule has 0 heterocycles. The summed E-state index contributed by atoms with van der Waals surface area (Å²) in [7, 11) is 0. The predicted molar refractivity (Wildman–Crippen MR) is 42.2 cm³/mol. The van der Waals surface area contributed by atoms with Crippen LogP contribution in [-0.4, -0.2) is 17.2 Å². The Labute approximate surface area is 71.5 Å². The molecular formula is C7H6BrFO2. The van der Waals surface area contributed by atoms with Gasteiger partial charge in [-0.15, -0.1) is 0 Å². The number of hydrogen-bond donors (Lipinski definition) is 1. The molecule has 1 atom stereocenters. The van der Waals surface area contributed by atoms with Gasteiger partial charge in [-0.1, -0.05) is 22.0 Å². The van der Waals surface area contributed by atoms with E-state index in [1.165, 1.54) is 12.2 Å². The molecule has 1 rings (SSSR count). The normalized spacial score (nSPS) is 24.0. The van der Waals surface area contributed by atoms with E-state index in [1.807, 2.05) is 0 Å². The van der Waals surface area contributed by atoms with Crippen LogP contribution in [0, 0.1) is 0 Å². The minimum absolute atomic E-state index is 0.0492. The molecule has 1 unspecified atom stereocenters. The van der Waals surface area contributed by atoms with Gasteiger partial charge in [0.25, 0.3) is 0 Å². The third-order valence-corrected chi connectivity index (χ3v) is 2.18. The summed E-state index contributed by atoms with van der Waals surface area (Å²) < 4.78 is 13.2. The van der Waals surface area contributed by atoms with Crippen LogP contribution >= 0.6 is 15.9 Å². The second-order valence-corrected chi connectivity index (χ2v) is 3.14. The van der Waals surface area contributed by atoms with Gasteiger partial charge in [-0.25, -0.2) is 9.18 Å². The van der Waals surface area contributed by atoms with E-state index in [9.17, 15) is 9.18 Å². The van der Waals surface area contributed by atoms with Crippen LogP contribution in [0.2, 0.25) is 0 Å². The number of alkyl halides is 1. The lowest BCUT2D eigenvalue weighted by Gasteiger charge is -2.11. The minimum atomic E-state index is -1.20. The SMILES string of the molecule is O=C(O)C1=CC=C(Br)C(F)C1. The number of carboxylic acid groups (broad SMARTS) is 1. The summed E-state index contributed by atoms with van der Waals surface area (Å²) in [6.45, 7) is 0. The zero-order valence-electron chi connectivity index (χ0n) is 5.55. The second-order valence-electron chi connectivity index (χ2n) is 2.22. The molecule has 1 aliphatic carbocycles. The molecule has 4 heteroatoms. The van der Waals surface area contributed by atoms with Crippen LogP contribution < -0.4 is 0 Å². The third-order valence-electron chi connectivity index (χ3n) is 1.42. The average molecular weight is 221 g/mol. The van der Waals surface area contributed by atoms with E-state index in [4.69, 9.17) is 5.11 Å². The summed E-state index contributed by atoms with van der Waals surface area (Å²) in [4.78, 5) is 10.3. The maximum atomic E-state index is 12.8. The predicted octanol–water partition coefficient (Wildman–Crippen LogP) is 2.02. The van der Waals surface area contributed by atoms with Crippen LogP contribution in [0.15, 0.2) is 22.2 Å². The minimum Gasteiger partial charge on any atom is -0.478 e. The molecule has 0 amide bonds. The second kappa shape index (κ2) is 3.17. The first-order valence-corrected chi connectivity index (χ1v) is 3.84. The van der Waals surface area contributed by atoms with E-state index in [1.54, 1.807) is 0 Å². The molecule has 60 valence electrons. The highest BCUT2D eigenvalue weighted by Crippen LogP contribution is 2.25. The number of rotatable bonds is 1. The van der Waals surface area contributed by atoms with Gasteiger partial charge >= 0.3 is 5.97 Å². The van der Waals surface area contributed by atoms with Crippen molar-refractivity contribution in [2.75, 3.05) is 0 Å². The summed E-state index contributed by atoms with van der Waals surface area (Å²) in [5, 5.41) is 8.46. The molecular weight excluding hydrogens is 215 g/mol. The number of aliphatic carboxylic acids is 1. The smallest absolute Gasteiger partial charge is 0.331 e. The molecule has 0 aliphatic heterocycles. The van der Waals surface area contributed by atoms with Crippen molar-refractivity contribution in [3.63, 3.8) is 0 Å². The third kappa shape index (κ3) is 1.89. The first kappa shape index (κ1) is 8.46. The Hall–Kier alpha value is -0.640. The van der Waals surface area contributed by atoms with E-state index in [-0.39, 0.29) is 12.0 Å². The summed E-state index contributed by atoms with van der Waals surface area (Å²) in [5.41, 5.74) is 0.112. The average Bonchev–Trinajstić information content (AvgIpc) is 1.94. The molecule has 0 aromatic heterocycles. The molecule has 0 spiro atoms. The summed E-state index contributed by atoms with van der Waals surface area (Å²) in [6, 6.07) is 0. The molecule has 1 aliphatic rings.